The van der Waals surface area contributed by atoms with Crippen LogP contribution in [-0.4, -0.2) is 38.7 Å². The van der Waals surface area contributed by atoms with Crippen molar-refractivity contribution in [1.29, 1.82) is 0 Å². The second-order valence-corrected chi connectivity index (χ2v) is 6.72. The fraction of sp³-hybridized carbons (Fsp3) is 0.600. The highest BCUT2D eigenvalue weighted by Gasteiger charge is 2.20. The first-order chi connectivity index (χ1) is 12.7. The van der Waals surface area contributed by atoms with E-state index >= 15 is 0 Å². The lowest BCUT2D eigenvalue weighted by molar-refractivity contribution is -0.116. The molecule has 1 amide bonds. The van der Waals surface area contributed by atoms with Gasteiger partial charge in [0.05, 0.1) is 0 Å². The topological polar surface area (TPSA) is 74.8 Å². The van der Waals surface area contributed by atoms with Crippen LogP contribution in [0.1, 0.15) is 44.6 Å². The predicted octanol–water partition coefficient (Wildman–Crippen LogP) is 2.91. The van der Waals surface area contributed by atoms with Gasteiger partial charge in [-0.05, 0) is 49.3 Å². The zero-order valence-electron chi connectivity index (χ0n) is 16.0. The molecule has 1 aromatic rings. The largest absolute Gasteiger partial charge is 0.381 e. The van der Waals surface area contributed by atoms with E-state index in [2.05, 4.69) is 20.9 Å². The number of hydrogen-bond donors (Lipinski definition) is 3. The van der Waals surface area contributed by atoms with E-state index in [0.29, 0.717) is 13.0 Å². The minimum atomic E-state index is 0.0546. The first-order valence-corrected chi connectivity index (χ1v) is 9.62. The van der Waals surface area contributed by atoms with Crippen molar-refractivity contribution in [2.24, 2.45) is 10.9 Å². The third-order valence-electron chi connectivity index (χ3n) is 4.18. The molecule has 1 aliphatic carbocycles. The van der Waals surface area contributed by atoms with E-state index in [1.165, 1.54) is 12.8 Å². The zero-order chi connectivity index (χ0) is 18.6. The number of benzene rings is 1. The van der Waals surface area contributed by atoms with E-state index in [1.807, 2.05) is 31.2 Å². The van der Waals surface area contributed by atoms with Crippen molar-refractivity contribution >= 4 is 17.6 Å². The molecule has 1 fully saturated rings. The molecular formula is C20H32N4O2. The molecule has 1 saturated carbocycles. The standard InChI is InChI=1S/C20H32N4O2/c1-3-6-19(25)24-18-8-4-7-17(13-18)14-23-20(21-2)22-11-5-12-26-15-16-9-10-16/h4,7-8,13,16H,3,5-6,9-12,14-15H2,1-2H3,(H,24,25)(H2,21,22,23). The summed E-state index contributed by atoms with van der Waals surface area (Å²) < 4.78 is 5.63. The van der Waals surface area contributed by atoms with Crippen LogP contribution in [-0.2, 0) is 16.1 Å². The van der Waals surface area contributed by atoms with Gasteiger partial charge in [0.15, 0.2) is 5.96 Å². The first-order valence-electron chi connectivity index (χ1n) is 9.62. The van der Waals surface area contributed by atoms with E-state index in [-0.39, 0.29) is 5.91 Å². The number of carbonyl (C=O) groups excluding carboxylic acids is 1. The van der Waals surface area contributed by atoms with Crippen LogP contribution in [0.5, 0.6) is 0 Å². The van der Waals surface area contributed by atoms with Crippen LogP contribution in [0.15, 0.2) is 29.3 Å². The average molecular weight is 361 g/mol. The summed E-state index contributed by atoms with van der Waals surface area (Å²) in [5.41, 5.74) is 1.92. The molecule has 0 bridgehead atoms. The van der Waals surface area contributed by atoms with Gasteiger partial charge in [-0.25, -0.2) is 0 Å². The van der Waals surface area contributed by atoms with E-state index in [9.17, 15) is 4.79 Å². The molecule has 1 aromatic carbocycles. The van der Waals surface area contributed by atoms with Gasteiger partial charge in [-0.3, -0.25) is 9.79 Å². The van der Waals surface area contributed by atoms with E-state index in [1.54, 1.807) is 7.05 Å². The molecule has 0 unspecified atom stereocenters. The Bertz CT molecular complexity index is 585. The fourth-order valence-corrected chi connectivity index (χ4v) is 2.53. The van der Waals surface area contributed by atoms with Crippen LogP contribution in [0, 0.1) is 5.92 Å². The van der Waals surface area contributed by atoms with Crippen molar-refractivity contribution in [3.8, 4) is 0 Å². The second kappa shape index (κ2) is 11.5. The number of amides is 1. The Morgan fingerprint density at radius 1 is 1.31 bits per heavy atom. The molecule has 0 atom stereocenters. The Balaban J connectivity index is 1.65. The van der Waals surface area contributed by atoms with Crippen LogP contribution in [0.25, 0.3) is 0 Å². The molecule has 0 radical (unpaired) electrons. The Hall–Kier alpha value is -2.08. The van der Waals surface area contributed by atoms with Crippen LogP contribution in [0.2, 0.25) is 0 Å². The Morgan fingerprint density at radius 2 is 2.15 bits per heavy atom. The number of aliphatic imine (C=N–C) groups is 1. The number of hydrogen-bond acceptors (Lipinski definition) is 3. The number of anilines is 1. The lowest BCUT2D eigenvalue weighted by atomic mass is 10.2. The van der Waals surface area contributed by atoms with Gasteiger partial charge in [-0.1, -0.05) is 19.1 Å². The highest BCUT2D eigenvalue weighted by Crippen LogP contribution is 2.28. The van der Waals surface area contributed by atoms with E-state index in [4.69, 9.17) is 4.74 Å². The Morgan fingerprint density at radius 3 is 2.88 bits per heavy atom. The summed E-state index contributed by atoms with van der Waals surface area (Å²) in [6.45, 7) is 5.18. The van der Waals surface area contributed by atoms with Gasteiger partial charge >= 0.3 is 0 Å². The number of guanidine groups is 1. The molecule has 3 N–H and O–H groups in total. The Kier molecular flexibility index (Phi) is 8.96. The fourth-order valence-electron chi connectivity index (χ4n) is 2.53. The van der Waals surface area contributed by atoms with Crippen molar-refractivity contribution in [1.82, 2.24) is 10.6 Å². The van der Waals surface area contributed by atoms with Gasteiger partial charge in [0.25, 0.3) is 0 Å². The van der Waals surface area contributed by atoms with Crippen LogP contribution >= 0.6 is 0 Å². The summed E-state index contributed by atoms with van der Waals surface area (Å²) >= 11 is 0. The van der Waals surface area contributed by atoms with E-state index in [0.717, 1.165) is 55.7 Å². The minimum absolute atomic E-state index is 0.0546. The highest BCUT2D eigenvalue weighted by molar-refractivity contribution is 5.90. The van der Waals surface area contributed by atoms with Crippen molar-refractivity contribution in [3.63, 3.8) is 0 Å². The van der Waals surface area contributed by atoms with Crippen LogP contribution in [0.3, 0.4) is 0 Å². The molecule has 1 aliphatic rings. The lowest BCUT2D eigenvalue weighted by Crippen LogP contribution is -2.37. The monoisotopic (exact) mass is 360 g/mol. The van der Waals surface area contributed by atoms with Gasteiger partial charge in [-0.2, -0.15) is 0 Å². The summed E-state index contributed by atoms with van der Waals surface area (Å²) in [4.78, 5) is 15.9. The smallest absolute Gasteiger partial charge is 0.224 e. The number of nitrogens with zero attached hydrogens (tertiary/aromatic N) is 1. The van der Waals surface area contributed by atoms with Crippen LogP contribution < -0.4 is 16.0 Å². The van der Waals surface area contributed by atoms with Crippen molar-refractivity contribution in [3.05, 3.63) is 29.8 Å². The molecule has 2 rings (SSSR count). The number of nitrogens with one attached hydrogen (secondary N) is 3. The zero-order valence-corrected chi connectivity index (χ0v) is 16.0. The normalized spacial score (nSPS) is 14.2. The second-order valence-electron chi connectivity index (χ2n) is 6.72. The number of carbonyl (C=O) groups is 1. The van der Waals surface area contributed by atoms with E-state index < -0.39 is 0 Å². The number of rotatable bonds is 11. The summed E-state index contributed by atoms with van der Waals surface area (Å²) in [6, 6.07) is 7.87. The maximum atomic E-state index is 11.7. The molecule has 144 valence electrons. The summed E-state index contributed by atoms with van der Waals surface area (Å²) in [6.07, 6.45) is 5.02. The quantitative estimate of drug-likeness (QED) is 0.322. The molecular weight excluding hydrogens is 328 g/mol. The summed E-state index contributed by atoms with van der Waals surface area (Å²) in [5, 5.41) is 9.52. The Labute approximate surface area is 156 Å². The molecule has 0 saturated heterocycles. The van der Waals surface area contributed by atoms with Crippen molar-refractivity contribution in [2.45, 2.75) is 45.6 Å². The van der Waals surface area contributed by atoms with Gasteiger partial charge in [0, 0.05) is 45.5 Å². The molecule has 6 nitrogen and oxygen atoms in total. The molecule has 6 heteroatoms. The summed E-state index contributed by atoms with van der Waals surface area (Å²) in [7, 11) is 1.76. The highest BCUT2D eigenvalue weighted by atomic mass is 16.5. The van der Waals surface area contributed by atoms with Crippen molar-refractivity contribution < 1.29 is 9.53 Å². The minimum Gasteiger partial charge on any atom is -0.381 e. The van der Waals surface area contributed by atoms with Gasteiger partial charge in [0.1, 0.15) is 0 Å². The van der Waals surface area contributed by atoms with Gasteiger partial charge in [0.2, 0.25) is 5.91 Å². The maximum absolute atomic E-state index is 11.7. The maximum Gasteiger partial charge on any atom is 0.224 e. The average Bonchev–Trinajstić information content (AvgIpc) is 3.45. The molecule has 0 spiro atoms. The van der Waals surface area contributed by atoms with Gasteiger partial charge in [-0.15, -0.1) is 0 Å². The third kappa shape index (κ3) is 8.34. The summed E-state index contributed by atoms with van der Waals surface area (Å²) in [5.74, 6) is 1.64. The van der Waals surface area contributed by atoms with Gasteiger partial charge < -0.3 is 20.7 Å². The first kappa shape index (κ1) is 20.2. The molecule has 0 heterocycles. The SMILES string of the molecule is CCCC(=O)Nc1cccc(CNC(=NC)NCCCOCC2CC2)c1. The third-order valence-corrected chi connectivity index (χ3v) is 4.18. The molecule has 26 heavy (non-hydrogen) atoms. The van der Waals surface area contributed by atoms with Crippen LogP contribution in [0.4, 0.5) is 5.69 Å². The number of ether oxygens (including phenoxy) is 1. The molecule has 0 aromatic heterocycles. The van der Waals surface area contributed by atoms with Crippen molar-refractivity contribution in [2.75, 3.05) is 32.1 Å². The lowest BCUT2D eigenvalue weighted by Gasteiger charge is -2.13. The predicted molar refractivity (Wildman–Crippen MR) is 106 cm³/mol. The molecule has 0 aliphatic heterocycles.